The highest BCUT2D eigenvalue weighted by Gasteiger charge is 2.31. The van der Waals surface area contributed by atoms with Crippen LogP contribution >= 0.6 is 11.8 Å². The molecular formula is C17H24N2OS. The van der Waals surface area contributed by atoms with Crippen LogP contribution in [0, 0.1) is 0 Å². The highest BCUT2D eigenvalue weighted by molar-refractivity contribution is 8.00. The number of fused-ring (bicyclic) bond motifs is 1. The Morgan fingerprint density at radius 2 is 2.05 bits per heavy atom. The normalized spacial score (nSPS) is 25.0. The number of hydrogen-bond acceptors (Lipinski definition) is 3. The molecular weight excluding hydrogens is 280 g/mol. The molecule has 0 spiro atoms. The van der Waals surface area contributed by atoms with Crippen LogP contribution in [0.1, 0.15) is 31.4 Å². The lowest BCUT2D eigenvalue weighted by Crippen LogP contribution is -2.50. The molecule has 1 aromatic carbocycles. The van der Waals surface area contributed by atoms with Crippen LogP contribution in [0.25, 0.3) is 0 Å². The van der Waals surface area contributed by atoms with Gasteiger partial charge >= 0.3 is 0 Å². The van der Waals surface area contributed by atoms with Gasteiger partial charge in [0.15, 0.2) is 0 Å². The minimum Gasteiger partial charge on any atom is -0.340 e. The van der Waals surface area contributed by atoms with Crippen LogP contribution in [0.15, 0.2) is 24.3 Å². The first-order valence-corrected chi connectivity index (χ1v) is 8.77. The summed E-state index contributed by atoms with van der Waals surface area (Å²) in [6.07, 6.45) is 1.90. The monoisotopic (exact) mass is 304 g/mol. The molecule has 1 atom stereocenters. The number of amides is 1. The third-order valence-corrected chi connectivity index (χ3v) is 5.90. The van der Waals surface area contributed by atoms with E-state index in [1.54, 1.807) is 0 Å². The second kappa shape index (κ2) is 6.01. The lowest BCUT2D eigenvalue weighted by molar-refractivity contribution is -0.133. The molecule has 3 rings (SSSR count). The van der Waals surface area contributed by atoms with Crippen LogP contribution in [-0.4, -0.2) is 40.4 Å². The van der Waals surface area contributed by atoms with Crippen molar-refractivity contribution in [1.29, 1.82) is 0 Å². The molecule has 0 bridgehead atoms. The highest BCUT2D eigenvalue weighted by atomic mass is 32.2. The van der Waals surface area contributed by atoms with Gasteiger partial charge < -0.3 is 10.2 Å². The molecule has 114 valence electrons. The van der Waals surface area contributed by atoms with E-state index >= 15 is 0 Å². The van der Waals surface area contributed by atoms with Crippen molar-refractivity contribution in [2.75, 3.05) is 18.8 Å². The van der Waals surface area contributed by atoms with Crippen molar-refractivity contribution in [2.24, 2.45) is 0 Å². The second-order valence-electron chi connectivity index (χ2n) is 6.59. The Morgan fingerprint density at radius 3 is 2.86 bits per heavy atom. The Kier molecular flexibility index (Phi) is 4.27. The molecule has 1 N–H and O–H groups in total. The van der Waals surface area contributed by atoms with Crippen molar-refractivity contribution < 1.29 is 4.79 Å². The van der Waals surface area contributed by atoms with E-state index in [1.165, 1.54) is 11.1 Å². The summed E-state index contributed by atoms with van der Waals surface area (Å²) in [4.78, 5) is 14.8. The molecule has 0 saturated carbocycles. The minimum atomic E-state index is -0.0499. The molecule has 0 radical (unpaired) electrons. The van der Waals surface area contributed by atoms with Gasteiger partial charge in [0.1, 0.15) is 0 Å². The third-order valence-electron chi connectivity index (χ3n) is 4.53. The molecule has 2 aliphatic heterocycles. The van der Waals surface area contributed by atoms with Gasteiger partial charge in [0, 0.05) is 30.1 Å². The summed E-state index contributed by atoms with van der Waals surface area (Å²) in [7, 11) is 0. The quantitative estimate of drug-likeness (QED) is 0.865. The number of benzene rings is 1. The molecule has 0 aromatic heterocycles. The van der Waals surface area contributed by atoms with Crippen molar-refractivity contribution in [3.63, 3.8) is 0 Å². The van der Waals surface area contributed by atoms with E-state index in [1.807, 2.05) is 11.8 Å². The minimum absolute atomic E-state index is 0.0499. The van der Waals surface area contributed by atoms with E-state index < -0.39 is 0 Å². The molecule has 0 unspecified atom stereocenters. The van der Waals surface area contributed by atoms with Crippen LogP contribution in [0.2, 0.25) is 0 Å². The van der Waals surface area contributed by atoms with E-state index in [-0.39, 0.29) is 11.9 Å². The number of nitrogens with zero attached hydrogens (tertiary/aromatic N) is 1. The van der Waals surface area contributed by atoms with Crippen LogP contribution in [0.5, 0.6) is 0 Å². The molecule has 2 heterocycles. The number of thioether (sulfide) groups is 1. The summed E-state index contributed by atoms with van der Waals surface area (Å²) < 4.78 is 0.293. The first kappa shape index (κ1) is 14.9. The largest absolute Gasteiger partial charge is 0.340 e. The summed E-state index contributed by atoms with van der Waals surface area (Å²) in [5.41, 5.74) is 2.65. The van der Waals surface area contributed by atoms with Crippen molar-refractivity contribution in [2.45, 2.75) is 44.0 Å². The summed E-state index contributed by atoms with van der Waals surface area (Å²) >= 11 is 1.98. The van der Waals surface area contributed by atoms with Gasteiger partial charge in [-0.3, -0.25) is 4.79 Å². The summed E-state index contributed by atoms with van der Waals surface area (Å²) in [5, 5.41) is 3.42. The molecule has 4 heteroatoms. The van der Waals surface area contributed by atoms with E-state index in [9.17, 15) is 4.79 Å². The maximum Gasteiger partial charge on any atom is 0.240 e. The predicted molar refractivity (Wildman–Crippen MR) is 88.5 cm³/mol. The average molecular weight is 304 g/mol. The summed E-state index contributed by atoms with van der Waals surface area (Å²) in [6, 6.07) is 8.38. The molecule has 21 heavy (non-hydrogen) atoms. The van der Waals surface area contributed by atoms with Crippen LogP contribution in [0.3, 0.4) is 0 Å². The first-order valence-electron chi connectivity index (χ1n) is 7.78. The zero-order valence-electron chi connectivity index (χ0n) is 12.9. The van der Waals surface area contributed by atoms with E-state index in [2.05, 4.69) is 48.3 Å². The van der Waals surface area contributed by atoms with Gasteiger partial charge in [0.2, 0.25) is 5.91 Å². The maximum absolute atomic E-state index is 12.8. The lowest BCUT2D eigenvalue weighted by atomic mass is 9.95. The third kappa shape index (κ3) is 3.43. The molecule has 1 aromatic rings. The van der Waals surface area contributed by atoms with Gasteiger partial charge in [0.05, 0.1) is 6.04 Å². The fourth-order valence-electron chi connectivity index (χ4n) is 3.09. The average Bonchev–Trinajstić information content (AvgIpc) is 2.67. The molecule has 1 saturated heterocycles. The number of nitrogens with one attached hydrogen (secondary N) is 1. The smallest absolute Gasteiger partial charge is 0.240 e. The molecule has 1 amide bonds. The van der Waals surface area contributed by atoms with Gasteiger partial charge in [-0.2, -0.15) is 11.8 Å². The number of hydrogen-bond donors (Lipinski definition) is 1. The number of carbonyl (C=O) groups excluding carboxylic acids is 1. The van der Waals surface area contributed by atoms with Crippen molar-refractivity contribution >= 4 is 17.7 Å². The zero-order valence-corrected chi connectivity index (χ0v) is 13.7. The standard InChI is InChI=1S/C17H24N2OS/c1-17(2)7-8-19(9-10-21-17)16(20)15-11-13-5-3-4-6-14(13)12-18-15/h3-6,15,18H,7-12H2,1-2H3/t15-/m1/s1. The van der Waals surface area contributed by atoms with Crippen molar-refractivity contribution in [1.82, 2.24) is 10.2 Å². The molecule has 3 nitrogen and oxygen atoms in total. The van der Waals surface area contributed by atoms with E-state index in [4.69, 9.17) is 0 Å². The topological polar surface area (TPSA) is 32.3 Å². The Hall–Kier alpha value is -1.00. The number of carbonyl (C=O) groups is 1. The van der Waals surface area contributed by atoms with Crippen LogP contribution in [0.4, 0.5) is 0 Å². The maximum atomic E-state index is 12.8. The van der Waals surface area contributed by atoms with Gasteiger partial charge in [-0.1, -0.05) is 38.1 Å². The summed E-state index contributed by atoms with van der Waals surface area (Å²) in [5.74, 6) is 1.32. The predicted octanol–water partition coefficient (Wildman–Crippen LogP) is 2.45. The van der Waals surface area contributed by atoms with Crippen molar-refractivity contribution in [3.05, 3.63) is 35.4 Å². The Labute approximate surface area is 131 Å². The fourth-order valence-corrected chi connectivity index (χ4v) is 4.19. The van der Waals surface area contributed by atoms with Gasteiger partial charge in [-0.25, -0.2) is 0 Å². The molecule has 2 aliphatic rings. The van der Waals surface area contributed by atoms with Crippen LogP contribution in [-0.2, 0) is 17.8 Å². The molecule has 1 fully saturated rings. The van der Waals surface area contributed by atoms with Gasteiger partial charge in [-0.15, -0.1) is 0 Å². The first-order chi connectivity index (χ1) is 10.1. The summed E-state index contributed by atoms with van der Waals surface area (Å²) in [6.45, 7) is 7.13. The Balaban J connectivity index is 1.66. The van der Waals surface area contributed by atoms with Crippen LogP contribution < -0.4 is 5.32 Å². The Bertz CT molecular complexity index is 529. The Morgan fingerprint density at radius 1 is 1.29 bits per heavy atom. The highest BCUT2D eigenvalue weighted by Crippen LogP contribution is 2.31. The number of rotatable bonds is 1. The van der Waals surface area contributed by atoms with E-state index in [0.717, 1.165) is 38.2 Å². The van der Waals surface area contributed by atoms with Gasteiger partial charge in [-0.05, 0) is 24.0 Å². The zero-order chi connectivity index (χ0) is 14.9. The van der Waals surface area contributed by atoms with E-state index in [0.29, 0.717) is 4.75 Å². The SMILES string of the molecule is CC1(C)CCN(C(=O)[C@H]2Cc3ccccc3CN2)CCS1. The molecule has 0 aliphatic carbocycles. The van der Waals surface area contributed by atoms with Gasteiger partial charge in [0.25, 0.3) is 0 Å². The lowest BCUT2D eigenvalue weighted by Gasteiger charge is -2.30. The second-order valence-corrected chi connectivity index (χ2v) is 8.39. The van der Waals surface area contributed by atoms with Crippen molar-refractivity contribution in [3.8, 4) is 0 Å². The fraction of sp³-hybridized carbons (Fsp3) is 0.588.